The highest BCUT2D eigenvalue weighted by molar-refractivity contribution is 9.10. The van der Waals surface area contributed by atoms with Crippen LogP contribution in [0.4, 0.5) is 0 Å². The van der Waals surface area contributed by atoms with Crippen molar-refractivity contribution in [3.63, 3.8) is 0 Å². The van der Waals surface area contributed by atoms with E-state index >= 15 is 0 Å². The Morgan fingerprint density at radius 3 is 2.53 bits per heavy atom. The minimum atomic E-state index is -0.417. The number of aromatic nitrogens is 1. The Morgan fingerprint density at radius 2 is 1.78 bits per heavy atom. The molecule has 4 nitrogen and oxygen atoms in total. The number of pyridine rings is 1. The van der Waals surface area contributed by atoms with Gasteiger partial charge >= 0.3 is 5.97 Å². The average molecular weight is 577 g/mol. The first-order valence-electron chi connectivity index (χ1n) is 11.5. The molecule has 0 amide bonds. The molecular formula is C29H22BrNO3S2. The fourth-order valence-corrected chi connectivity index (χ4v) is 6.72. The van der Waals surface area contributed by atoms with E-state index in [-0.39, 0.29) is 12.4 Å². The molecule has 0 atom stereocenters. The first kappa shape index (κ1) is 24.6. The van der Waals surface area contributed by atoms with E-state index < -0.39 is 5.97 Å². The van der Waals surface area contributed by atoms with E-state index in [1.807, 2.05) is 59.1 Å². The van der Waals surface area contributed by atoms with Gasteiger partial charge in [0, 0.05) is 27.4 Å². The Labute approximate surface area is 225 Å². The minimum absolute atomic E-state index is 0.106. The summed E-state index contributed by atoms with van der Waals surface area (Å²) in [6, 6.07) is 23.2. The van der Waals surface area contributed by atoms with Crippen LogP contribution >= 0.6 is 39.0 Å². The van der Waals surface area contributed by atoms with Gasteiger partial charge in [-0.25, -0.2) is 4.79 Å². The van der Waals surface area contributed by atoms with Crippen LogP contribution in [0.15, 0.2) is 93.8 Å². The highest BCUT2D eigenvalue weighted by Crippen LogP contribution is 2.44. The Balaban J connectivity index is 1.64. The predicted molar refractivity (Wildman–Crippen MR) is 153 cm³/mol. The number of thioether (sulfide) groups is 1. The van der Waals surface area contributed by atoms with Gasteiger partial charge in [-0.3, -0.25) is 4.79 Å². The van der Waals surface area contributed by atoms with Gasteiger partial charge in [-0.15, -0.1) is 23.1 Å². The molecule has 0 aliphatic carbocycles. The molecule has 0 saturated carbocycles. The molecule has 36 heavy (non-hydrogen) atoms. The molecule has 2 aromatic carbocycles. The van der Waals surface area contributed by atoms with E-state index in [4.69, 9.17) is 4.74 Å². The number of halogens is 1. The number of nitrogens with zero attached hydrogens (tertiary/aromatic N) is 1. The molecule has 3 aromatic heterocycles. The van der Waals surface area contributed by atoms with Gasteiger partial charge in [0.1, 0.15) is 0 Å². The number of ether oxygens (including phenoxy) is 1. The fourth-order valence-electron chi connectivity index (χ4n) is 4.09. The third-order valence-corrected chi connectivity index (χ3v) is 8.59. The summed E-state index contributed by atoms with van der Waals surface area (Å²) in [5.74, 6) is 0.204. The van der Waals surface area contributed by atoms with E-state index in [9.17, 15) is 9.59 Å². The molecule has 5 rings (SSSR count). The number of ketones is 1. The minimum Gasteiger partial charge on any atom is -0.462 e. The summed E-state index contributed by atoms with van der Waals surface area (Å²) in [5.41, 5.74) is 3.76. The number of rotatable bonds is 8. The molecule has 0 aliphatic rings. The number of esters is 1. The molecule has 7 heteroatoms. The monoisotopic (exact) mass is 575 g/mol. The van der Waals surface area contributed by atoms with Crippen molar-refractivity contribution in [3.8, 4) is 0 Å². The zero-order chi connectivity index (χ0) is 25.1. The maximum Gasteiger partial charge on any atom is 0.341 e. The molecule has 180 valence electrons. The molecule has 0 fully saturated rings. The normalized spacial score (nSPS) is 11.5. The van der Waals surface area contributed by atoms with Gasteiger partial charge in [0.25, 0.3) is 0 Å². The second-order valence-electron chi connectivity index (χ2n) is 7.95. The van der Waals surface area contributed by atoms with Crippen molar-refractivity contribution in [3.05, 3.63) is 111 Å². The topological polar surface area (TPSA) is 47.8 Å². The highest BCUT2D eigenvalue weighted by Gasteiger charge is 2.29. The van der Waals surface area contributed by atoms with E-state index in [1.165, 1.54) is 11.3 Å². The van der Waals surface area contributed by atoms with Crippen LogP contribution in [0.5, 0.6) is 0 Å². The van der Waals surface area contributed by atoms with Crippen LogP contribution in [-0.4, -0.2) is 28.5 Å². The number of hydrogen-bond donors (Lipinski definition) is 0. The Bertz CT molecular complexity index is 1580. The summed E-state index contributed by atoms with van der Waals surface area (Å²) in [4.78, 5) is 27.4. The molecule has 0 radical (unpaired) electrons. The number of carbonyl (C=O) groups excluding carboxylic acids is 2. The summed E-state index contributed by atoms with van der Waals surface area (Å²) in [5, 5.41) is 0.659. The van der Waals surface area contributed by atoms with Crippen molar-refractivity contribution < 1.29 is 14.3 Å². The van der Waals surface area contributed by atoms with Crippen LogP contribution in [-0.2, 0) is 4.74 Å². The number of benzene rings is 2. The third kappa shape index (κ3) is 4.78. The fraction of sp³-hybridized carbons (Fsp3) is 0.103. The first-order valence-corrected chi connectivity index (χ1v) is 14.0. The zero-order valence-corrected chi connectivity index (χ0v) is 22.7. The lowest BCUT2D eigenvalue weighted by atomic mass is 10.1. The molecule has 0 N–H and O–H groups in total. The van der Waals surface area contributed by atoms with E-state index in [2.05, 4.69) is 40.2 Å². The van der Waals surface area contributed by atoms with Crippen molar-refractivity contribution in [2.75, 3.05) is 12.4 Å². The highest BCUT2D eigenvalue weighted by atomic mass is 79.9. The van der Waals surface area contributed by atoms with E-state index in [1.54, 1.807) is 30.8 Å². The lowest BCUT2D eigenvalue weighted by molar-refractivity contribution is 0.0531. The van der Waals surface area contributed by atoms with Crippen molar-refractivity contribution in [2.24, 2.45) is 0 Å². The smallest absolute Gasteiger partial charge is 0.341 e. The number of thiophene rings is 1. The van der Waals surface area contributed by atoms with Gasteiger partial charge in [-0.1, -0.05) is 64.5 Å². The van der Waals surface area contributed by atoms with Crippen molar-refractivity contribution in [2.45, 2.75) is 11.1 Å². The summed E-state index contributed by atoms with van der Waals surface area (Å²) >= 11 is 6.53. The second-order valence-corrected chi connectivity index (χ2v) is 11.2. The van der Waals surface area contributed by atoms with Crippen LogP contribution in [0, 0.1) is 0 Å². The number of hydrogen-bond acceptors (Lipinski definition) is 5. The summed E-state index contributed by atoms with van der Waals surface area (Å²) in [6.45, 7) is 2.05. The molecule has 0 bridgehead atoms. The molecular weight excluding hydrogens is 554 g/mol. The zero-order valence-electron chi connectivity index (χ0n) is 19.4. The summed E-state index contributed by atoms with van der Waals surface area (Å²) in [7, 11) is 0. The molecule has 5 aromatic rings. The van der Waals surface area contributed by atoms with Crippen LogP contribution in [0.1, 0.15) is 38.1 Å². The molecule has 3 heterocycles. The maximum atomic E-state index is 13.7. The van der Waals surface area contributed by atoms with E-state index in [0.29, 0.717) is 21.4 Å². The molecule has 0 saturated heterocycles. The summed E-state index contributed by atoms with van der Waals surface area (Å²) < 4.78 is 9.32. The standard InChI is InChI=1S/C29H22BrNO3S2/c1-2-34-28(33)23-22-12-6-7-17-31(22)25-24(23)27(26(32)20-13-15-21(30)16-14-20)36-29(25)35-18-8-11-19-9-4-3-5-10-19/h3-17H,2,18H2,1H3/b11-8+. The average Bonchev–Trinajstić information content (AvgIpc) is 3.43. The van der Waals surface area contributed by atoms with Gasteiger partial charge in [-0.05, 0) is 48.9 Å². The Kier molecular flexibility index (Phi) is 7.41. The second kappa shape index (κ2) is 10.9. The van der Waals surface area contributed by atoms with Gasteiger partial charge in [0.15, 0.2) is 0 Å². The quantitative estimate of drug-likeness (QED) is 0.106. The van der Waals surface area contributed by atoms with Crippen LogP contribution in [0.25, 0.3) is 22.5 Å². The first-order chi connectivity index (χ1) is 17.6. The largest absolute Gasteiger partial charge is 0.462 e. The van der Waals surface area contributed by atoms with Crippen LogP contribution in [0.3, 0.4) is 0 Å². The Morgan fingerprint density at radius 1 is 1.03 bits per heavy atom. The van der Waals surface area contributed by atoms with Gasteiger partial charge in [0.2, 0.25) is 5.78 Å². The van der Waals surface area contributed by atoms with Gasteiger partial charge in [-0.2, -0.15) is 0 Å². The number of carbonyl (C=O) groups is 2. The number of fused-ring (bicyclic) bond motifs is 3. The van der Waals surface area contributed by atoms with Gasteiger partial charge in [0.05, 0.1) is 32.3 Å². The van der Waals surface area contributed by atoms with E-state index in [0.717, 1.165) is 31.0 Å². The lowest BCUT2D eigenvalue weighted by Crippen LogP contribution is -2.06. The molecule has 0 unspecified atom stereocenters. The SMILES string of the molecule is CCOC(=O)c1c2c(C(=O)c3ccc(Br)cc3)sc(SC/C=C/c3ccccc3)c2n2ccccc12. The molecule has 0 aliphatic heterocycles. The Hall–Kier alpha value is -3.13. The third-order valence-electron chi connectivity index (χ3n) is 5.67. The van der Waals surface area contributed by atoms with Crippen LogP contribution in [0.2, 0.25) is 0 Å². The van der Waals surface area contributed by atoms with Crippen LogP contribution < -0.4 is 0 Å². The van der Waals surface area contributed by atoms with Gasteiger partial charge < -0.3 is 9.14 Å². The predicted octanol–water partition coefficient (Wildman–Crippen LogP) is 8.13. The lowest BCUT2D eigenvalue weighted by Gasteiger charge is -2.04. The molecule has 0 spiro atoms. The summed E-state index contributed by atoms with van der Waals surface area (Å²) in [6.07, 6.45) is 6.14. The van der Waals surface area contributed by atoms with Crippen molar-refractivity contribution in [1.82, 2.24) is 4.40 Å². The van der Waals surface area contributed by atoms with Crippen molar-refractivity contribution in [1.29, 1.82) is 0 Å². The maximum absolute atomic E-state index is 13.7. The van der Waals surface area contributed by atoms with Crippen molar-refractivity contribution >= 4 is 73.3 Å².